The van der Waals surface area contributed by atoms with Crippen molar-refractivity contribution in [3.8, 4) is 17.2 Å². The molecule has 10 nitrogen and oxygen atoms in total. The number of allylic oxidation sites excluding steroid dienone is 1. The van der Waals surface area contributed by atoms with Crippen LogP contribution in [0.4, 0.5) is 4.39 Å². The number of rotatable bonds is 19. The molecule has 0 aromatic heterocycles. The topological polar surface area (TPSA) is 119 Å². The molecule has 1 amide bonds. The van der Waals surface area contributed by atoms with Gasteiger partial charge in [-0.3, -0.25) is 4.79 Å². The summed E-state index contributed by atoms with van der Waals surface area (Å²) in [5.74, 6) is -0.552. The molecule has 6 atom stereocenters. The third-order valence-electron chi connectivity index (χ3n) is 11.8. The van der Waals surface area contributed by atoms with E-state index < -0.39 is 23.3 Å². The molecular weight excluding hydrogens is 752 g/mol. The van der Waals surface area contributed by atoms with Crippen LogP contribution in [0.15, 0.2) is 96.2 Å². The van der Waals surface area contributed by atoms with E-state index in [2.05, 4.69) is 12.7 Å². The highest BCUT2D eigenvalue weighted by atomic mass is 19.1. The number of carbonyl (C=O) groups excluding carboxylic acids is 1. The Kier molecular flexibility index (Phi) is 14.5. The molecule has 3 aromatic rings. The maximum Gasteiger partial charge on any atom is 0.239 e. The average molecular weight is 813 g/mol. The Bertz CT molecular complexity index is 1980. The van der Waals surface area contributed by atoms with Crippen molar-refractivity contribution in [3.05, 3.63) is 114 Å². The predicted molar refractivity (Wildman–Crippen MR) is 226 cm³/mol. The van der Waals surface area contributed by atoms with Gasteiger partial charge in [0.15, 0.2) is 0 Å². The quantitative estimate of drug-likeness (QED) is 0.0703. The first-order valence-electron chi connectivity index (χ1n) is 20.9. The van der Waals surface area contributed by atoms with Crippen LogP contribution in [-0.4, -0.2) is 78.1 Å². The minimum atomic E-state index is -1.38. The number of amides is 1. The number of unbranched alkanes of at least 4 members (excludes halogenated alkanes) is 2. The van der Waals surface area contributed by atoms with E-state index in [1.165, 1.54) is 6.07 Å². The second-order valence-corrected chi connectivity index (χ2v) is 16.9. The van der Waals surface area contributed by atoms with Crippen molar-refractivity contribution < 1.29 is 43.2 Å². The highest BCUT2D eigenvalue weighted by Gasteiger charge is 2.65. The van der Waals surface area contributed by atoms with Gasteiger partial charge in [-0.2, -0.15) is 0 Å². The Morgan fingerprint density at radius 1 is 1.02 bits per heavy atom. The molecule has 3 aliphatic rings. The second kappa shape index (κ2) is 19.6. The van der Waals surface area contributed by atoms with E-state index >= 15 is 0 Å². The summed E-state index contributed by atoms with van der Waals surface area (Å²) in [5, 5.41) is 24.7. The highest BCUT2D eigenvalue weighted by Crippen LogP contribution is 2.62. The summed E-state index contributed by atoms with van der Waals surface area (Å²) < 4.78 is 40.7. The van der Waals surface area contributed by atoms with E-state index in [-0.39, 0.29) is 62.3 Å². The van der Waals surface area contributed by atoms with E-state index in [1.54, 1.807) is 43.3 Å². The van der Waals surface area contributed by atoms with Gasteiger partial charge in [0, 0.05) is 43.7 Å². The molecule has 1 heterocycles. The Hall–Kier alpha value is -4.71. The van der Waals surface area contributed by atoms with Gasteiger partial charge in [0.25, 0.3) is 0 Å². The number of hydrogen-bond acceptors (Lipinski definition) is 9. The molecule has 0 radical (unpaired) electrons. The fourth-order valence-corrected chi connectivity index (χ4v) is 9.04. The number of methoxy groups -OCH3 is 1. The summed E-state index contributed by atoms with van der Waals surface area (Å²) in [7, 11) is 3.41. The number of carbonyl (C=O) groups is 1. The molecule has 318 valence electrons. The van der Waals surface area contributed by atoms with Crippen LogP contribution in [0.5, 0.6) is 17.2 Å². The fraction of sp³-hybridized carbons (Fsp3) is 0.500. The Balaban J connectivity index is 1.54. The van der Waals surface area contributed by atoms with Gasteiger partial charge in [-0.25, -0.2) is 4.39 Å². The van der Waals surface area contributed by atoms with Crippen molar-refractivity contribution in [3.63, 3.8) is 0 Å². The van der Waals surface area contributed by atoms with Gasteiger partial charge in [0.1, 0.15) is 41.3 Å². The lowest BCUT2D eigenvalue weighted by atomic mass is 9.55. The number of halogens is 1. The minimum Gasteiger partial charge on any atom is -0.497 e. The van der Waals surface area contributed by atoms with Crippen molar-refractivity contribution in [2.24, 2.45) is 22.9 Å². The van der Waals surface area contributed by atoms with Crippen LogP contribution < -0.4 is 14.2 Å². The first-order chi connectivity index (χ1) is 28.4. The van der Waals surface area contributed by atoms with E-state index in [1.807, 2.05) is 63.2 Å². The summed E-state index contributed by atoms with van der Waals surface area (Å²) >= 11 is 0. The van der Waals surface area contributed by atoms with Gasteiger partial charge in [-0.05, 0) is 106 Å². The van der Waals surface area contributed by atoms with Crippen molar-refractivity contribution in [1.29, 1.82) is 0 Å². The minimum absolute atomic E-state index is 0.0465. The van der Waals surface area contributed by atoms with E-state index in [4.69, 9.17) is 28.9 Å². The number of ether oxygens (including phenoxy) is 4. The zero-order valence-corrected chi connectivity index (χ0v) is 35.2. The normalized spacial score (nSPS) is 24.0. The number of hydrogen-bond donors (Lipinski definition) is 2. The first kappa shape index (κ1) is 43.9. The van der Waals surface area contributed by atoms with Crippen LogP contribution in [0, 0.1) is 23.6 Å². The first-order valence-corrected chi connectivity index (χ1v) is 20.9. The summed E-state index contributed by atoms with van der Waals surface area (Å²) in [4.78, 5) is 22.4. The molecule has 2 N–H and O–H groups in total. The van der Waals surface area contributed by atoms with Crippen LogP contribution in [0.1, 0.15) is 88.3 Å². The number of oxime groups is 1. The number of likely N-dealkylation sites (N-methyl/N-ethyl adjacent to an activating group) is 1. The summed E-state index contributed by atoms with van der Waals surface area (Å²) in [6, 6.07) is 19.2. The van der Waals surface area contributed by atoms with Crippen LogP contribution in [0.25, 0.3) is 0 Å². The van der Waals surface area contributed by atoms with Gasteiger partial charge in [0.05, 0.1) is 31.8 Å². The average Bonchev–Trinajstić information content (AvgIpc) is 3.22. The van der Waals surface area contributed by atoms with Gasteiger partial charge < -0.3 is 38.9 Å². The zero-order chi connectivity index (χ0) is 42.2. The fourth-order valence-electron chi connectivity index (χ4n) is 9.04. The lowest BCUT2D eigenvalue weighted by Crippen LogP contribution is -2.69. The standard InChI is InChI=1S/C48H61FN2O8/c1-7-25-57-48-43(51(5)44(54)27-32-15-14-18-35(26-32)55-6)30-41(50-59-47(2,3)4)38-28-33(16-10-12-23-52)37(19-11-13-24-53)45(46(38)48)39-29-36(21-22-42(39)58-48)56-31-34-17-8-9-20-40(34)49/h7-9,14-15,17-18,20-22,26,28-29,33,37,43,45-46,52-53H,1,10-13,16,19,23-25,27,30-31H2,2-6H3/t33-,37+,43-,45+,46+,48+/m0/s1. The van der Waals surface area contributed by atoms with Crippen molar-refractivity contribution in [1.82, 2.24) is 4.90 Å². The van der Waals surface area contributed by atoms with E-state index in [0.717, 1.165) is 48.1 Å². The molecule has 3 aromatic carbocycles. The molecule has 0 unspecified atom stereocenters. The smallest absolute Gasteiger partial charge is 0.239 e. The summed E-state index contributed by atoms with van der Waals surface area (Å²) in [6.45, 7) is 10.3. The monoisotopic (exact) mass is 812 g/mol. The predicted octanol–water partition coefficient (Wildman–Crippen LogP) is 8.55. The van der Waals surface area contributed by atoms with Crippen molar-refractivity contribution in [2.45, 2.75) is 102 Å². The van der Waals surface area contributed by atoms with Gasteiger partial charge in [-0.1, -0.05) is 60.5 Å². The number of fused-ring (bicyclic) bond motifs is 2. The molecule has 0 saturated heterocycles. The van der Waals surface area contributed by atoms with Crippen LogP contribution in [0.3, 0.4) is 0 Å². The van der Waals surface area contributed by atoms with Crippen LogP contribution in [0.2, 0.25) is 0 Å². The summed E-state index contributed by atoms with van der Waals surface area (Å²) in [5.41, 5.74) is 3.26. The van der Waals surface area contributed by atoms with Crippen LogP contribution in [-0.2, 0) is 27.4 Å². The Labute approximate surface area is 348 Å². The Morgan fingerprint density at radius 3 is 2.49 bits per heavy atom. The molecule has 11 heteroatoms. The molecular formula is C48H61FN2O8. The summed E-state index contributed by atoms with van der Waals surface area (Å²) in [6.07, 6.45) is 9.00. The highest BCUT2D eigenvalue weighted by molar-refractivity contribution is 6.03. The van der Waals surface area contributed by atoms with Gasteiger partial charge >= 0.3 is 0 Å². The zero-order valence-electron chi connectivity index (χ0n) is 35.2. The molecule has 0 spiro atoms. The molecule has 59 heavy (non-hydrogen) atoms. The van der Waals surface area contributed by atoms with E-state index in [0.29, 0.717) is 42.1 Å². The lowest BCUT2D eigenvalue weighted by molar-refractivity contribution is -0.255. The lowest BCUT2D eigenvalue weighted by Gasteiger charge is -2.59. The van der Waals surface area contributed by atoms with Crippen molar-refractivity contribution in [2.75, 3.05) is 34.0 Å². The van der Waals surface area contributed by atoms with Crippen LogP contribution >= 0.6 is 0 Å². The largest absolute Gasteiger partial charge is 0.497 e. The maximum absolute atomic E-state index is 14.7. The van der Waals surface area contributed by atoms with Gasteiger partial charge in [0.2, 0.25) is 11.7 Å². The number of nitrogens with zero attached hydrogens (tertiary/aromatic N) is 2. The number of aliphatic hydroxyl groups excluding tert-OH is 2. The number of benzene rings is 3. The van der Waals surface area contributed by atoms with E-state index in [9.17, 15) is 19.4 Å². The molecule has 0 bridgehead atoms. The molecule has 1 aliphatic heterocycles. The molecule has 2 aliphatic carbocycles. The van der Waals surface area contributed by atoms with Gasteiger partial charge in [-0.15, -0.1) is 6.58 Å². The molecule has 1 saturated carbocycles. The second-order valence-electron chi connectivity index (χ2n) is 16.9. The third-order valence-corrected chi connectivity index (χ3v) is 11.8. The third kappa shape index (κ3) is 10.0. The number of aliphatic hydroxyl groups is 2. The van der Waals surface area contributed by atoms with Crippen molar-refractivity contribution >= 4 is 11.6 Å². The Morgan fingerprint density at radius 2 is 1.78 bits per heavy atom. The molecule has 1 fully saturated rings. The SMILES string of the molecule is C=CCO[C@@]12Oc3ccc(OCc4ccccc4F)cc3[C@H]3[C@H](CCCCO)[C@@H](CCCCO)C=C(C(=NOC(C)(C)C)C[C@@H]1N(C)C(=O)Cc1cccc(OC)c1)[C@H]32. The maximum atomic E-state index is 14.7. The molecule has 6 rings (SSSR count).